The van der Waals surface area contributed by atoms with Gasteiger partial charge >= 0.3 is 0 Å². The van der Waals surface area contributed by atoms with Crippen LogP contribution < -0.4 is 15.1 Å². The minimum atomic E-state index is -0.165. The van der Waals surface area contributed by atoms with Gasteiger partial charge in [0.2, 0.25) is 5.91 Å². The third kappa shape index (κ3) is 4.26. The van der Waals surface area contributed by atoms with Crippen molar-refractivity contribution < 1.29 is 4.79 Å². The number of hydrogen-bond acceptors (Lipinski definition) is 7. The number of nitrogens with one attached hydrogen (secondary N) is 1. The summed E-state index contributed by atoms with van der Waals surface area (Å²) in [6.07, 6.45) is 5.09. The van der Waals surface area contributed by atoms with Crippen LogP contribution in [0.3, 0.4) is 0 Å². The lowest BCUT2D eigenvalue weighted by Crippen LogP contribution is -2.47. The van der Waals surface area contributed by atoms with Crippen molar-refractivity contribution in [1.29, 1.82) is 0 Å². The van der Waals surface area contributed by atoms with E-state index < -0.39 is 0 Å². The van der Waals surface area contributed by atoms with Crippen LogP contribution >= 0.6 is 15.9 Å². The van der Waals surface area contributed by atoms with Crippen LogP contribution in [0.25, 0.3) is 11.0 Å². The molecule has 10 heteroatoms. The van der Waals surface area contributed by atoms with Gasteiger partial charge in [-0.2, -0.15) is 5.10 Å². The van der Waals surface area contributed by atoms with Crippen molar-refractivity contribution in [3.8, 4) is 0 Å². The van der Waals surface area contributed by atoms with Crippen LogP contribution in [0.2, 0.25) is 0 Å². The van der Waals surface area contributed by atoms with E-state index >= 15 is 0 Å². The van der Waals surface area contributed by atoms with Crippen LogP contribution in [0, 0.1) is 0 Å². The Kier molecular flexibility index (Phi) is 5.68. The second-order valence-electron chi connectivity index (χ2n) is 7.45. The first-order valence-electron chi connectivity index (χ1n) is 10.3. The van der Waals surface area contributed by atoms with Gasteiger partial charge in [-0.25, -0.2) is 19.6 Å². The smallest absolute Gasteiger partial charge is 0.246 e. The molecule has 0 atom stereocenters. The zero-order chi connectivity index (χ0) is 21.9. The molecule has 0 spiro atoms. The predicted octanol–water partition coefficient (Wildman–Crippen LogP) is 2.95. The number of fused-ring (bicyclic) bond motifs is 1. The predicted molar refractivity (Wildman–Crippen MR) is 127 cm³/mol. The van der Waals surface area contributed by atoms with Gasteiger partial charge in [0.1, 0.15) is 24.5 Å². The van der Waals surface area contributed by atoms with E-state index in [9.17, 15) is 4.79 Å². The largest absolute Gasteiger partial charge is 0.353 e. The highest BCUT2D eigenvalue weighted by Gasteiger charge is 2.22. The Morgan fingerprint density at radius 2 is 1.75 bits per heavy atom. The lowest BCUT2D eigenvalue weighted by Gasteiger charge is -2.36. The Morgan fingerprint density at radius 3 is 2.50 bits per heavy atom. The van der Waals surface area contributed by atoms with Crippen molar-refractivity contribution in [2.45, 2.75) is 6.54 Å². The van der Waals surface area contributed by atoms with E-state index in [1.54, 1.807) is 10.9 Å². The van der Waals surface area contributed by atoms with Gasteiger partial charge < -0.3 is 15.1 Å². The second kappa shape index (κ2) is 8.91. The molecule has 1 N–H and O–H groups in total. The van der Waals surface area contributed by atoms with Gasteiger partial charge in [-0.05, 0) is 36.4 Å². The molecule has 4 aromatic rings. The monoisotopic (exact) mass is 492 g/mol. The fourth-order valence-electron chi connectivity index (χ4n) is 3.81. The average molecular weight is 493 g/mol. The molecular formula is C22H21BrN8O. The first-order valence-corrected chi connectivity index (χ1v) is 11.1. The number of benzene rings is 1. The molecule has 1 aliphatic heterocycles. The van der Waals surface area contributed by atoms with E-state index in [0.717, 1.165) is 53.4 Å². The highest BCUT2D eigenvalue weighted by molar-refractivity contribution is 9.10. The van der Waals surface area contributed by atoms with E-state index in [0.29, 0.717) is 5.65 Å². The number of hydrogen-bond donors (Lipinski definition) is 1. The summed E-state index contributed by atoms with van der Waals surface area (Å²) in [6.45, 7) is 3.41. The fourth-order valence-corrected chi connectivity index (χ4v) is 4.07. The number of nitrogens with zero attached hydrogens (tertiary/aromatic N) is 7. The highest BCUT2D eigenvalue weighted by atomic mass is 79.9. The molecule has 0 bridgehead atoms. The molecule has 0 radical (unpaired) electrons. The zero-order valence-electron chi connectivity index (χ0n) is 17.2. The first kappa shape index (κ1) is 20.4. The lowest BCUT2D eigenvalue weighted by molar-refractivity contribution is -0.116. The fraction of sp³-hybridized carbons (Fsp3) is 0.227. The Balaban J connectivity index is 1.29. The topological polar surface area (TPSA) is 92.1 Å². The molecule has 5 rings (SSSR count). The SMILES string of the molecule is O=C(Cn1ncc2c(N3CCN(c4ccccn4)CC3)ncnc21)Nc1ccc(Br)cc1. The highest BCUT2D eigenvalue weighted by Crippen LogP contribution is 2.24. The third-order valence-electron chi connectivity index (χ3n) is 5.39. The molecule has 3 aromatic heterocycles. The molecule has 1 aliphatic rings. The number of rotatable bonds is 5. The maximum Gasteiger partial charge on any atom is 0.246 e. The maximum absolute atomic E-state index is 12.5. The summed E-state index contributed by atoms with van der Waals surface area (Å²) in [5.41, 5.74) is 1.38. The van der Waals surface area contributed by atoms with Gasteiger partial charge in [-0.3, -0.25) is 4.79 Å². The number of amides is 1. The van der Waals surface area contributed by atoms with Crippen molar-refractivity contribution >= 4 is 50.2 Å². The van der Waals surface area contributed by atoms with E-state index in [1.165, 1.54) is 6.33 Å². The minimum absolute atomic E-state index is 0.0729. The number of anilines is 3. The molecule has 1 saturated heterocycles. The molecule has 0 saturated carbocycles. The summed E-state index contributed by atoms with van der Waals surface area (Å²) >= 11 is 3.39. The number of carbonyl (C=O) groups is 1. The van der Waals surface area contributed by atoms with Crippen LogP contribution in [-0.4, -0.2) is 56.8 Å². The molecular weight excluding hydrogens is 472 g/mol. The Hall–Kier alpha value is -3.53. The number of halogens is 1. The van der Waals surface area contributed by atoms with Crippen LogP contribution in [-0.2, 0) is 11.3 Å². The molecule has 4 heterocycles. The number of piperazine rings is 1. The maximum atomic E-state index is 12.5. The van der Waals surface area contributed by atoms with Crippen molar-refractivity contribution in [1.82, 2.24) is 24.7 Å². The van der Waals surface area contributed by atoms with Crippen LogP contribution in [0.5, 0.6) is 0 Å². The second-order valence-corrected chi connectivity index (χ2v) is 8.37. The van der Waals surface area contributed by atoms with Gasteiger partial charge in [0.25, 0.3) is 0 Å². The molecule has 1 aromatic carbocycles. The van der Waals surface area contributed by atoms with E-state index in [2.05, 4.69) is 51.1 Å². The van der Waals surface area contributed by atoms with Crippen LogP contribution in [0.4, 0.5) is 17.3 Å². The van der Waals surface area contributed by atoms with E-state index in [4.69, 9.17) is 0 Å². The Bertz CT molecular complexity index is 1220. The van der Waals surface area contributed by atoms with E-state index in [-0.39, 0.29) is 12.5 Å². The summed E-state index contributed by atoms with van der Waals surface area (Å²) in [7, 11) is 0. The summed E-state index contributed by atoms with van der Waals surface area (Å²) in [6, 6.07) is 13.4. The number of aromatic nitrogens is 5. The normalized spacial score (nSPS) is 14.0. The molecule has 32 heavy (non-hydrogen) atoms. The molecule has 0 aliphatic carbocycles. The molecule has 1 fully saturated rings. The molecule has 0 unspecified atom stereocenters. The van der Waals surface area contributed by atoms with Crippen LogP contribution in [0.1, 0.15) is 0 Å². The zero-order valence-corrected chi connectivity index (χ0v) is 18.8. The van der Waals surface area contributed by atoms with Crippen molar-refractivity contribution in [3.05, 3.63) is 65.7 Å². The van der Waals surface area contributed by atoms with Crippen molar-refractivity contribution in [2.24, 2.45) is 0 Å². The van der Waals surface area contributed by atoms with Gasteiger partial charge in [0, 0.05) is 42.5 Å². The Labute approximate surface area is 193 Å². The van der Waals surface area contributed by atoms with Crippen molar-refractivity contribution in [2.75, 3.05) is 41.3 Å². The summed E-state index contributed by atoms with van der Waals surface area (Å²) in [4.78, 5) is 30.4. The molecule has 162 valence electrons. The lowest BCUT2D eigenvalue weighted by atomic mass is 10.2. The van der Waals surface area contributed by atoms with Gasteiger partial charge in [-0.1, -0.05) is 22.0 Å². The van der Waals surface area contributed by atoms with Gasteiger partial charge in [-0.15, -0.1) is 0 Å². The van der Waals surface area contributed by atoms with Crippen molar-refractivity contribution in [3.63, 3.8) is 0 Å². The first-order chi connectivity index (χ1) is 15.7. The summed E-state index contributed by atoms with van der Waals surface area (Å²) < 4.78 is 2.57. The van der Waals surface area contributed by atoms with Crippen LogP contribution in [0.15, 0.2) is 65.7 Å². The Morgan fingerprint density at radius 1 is 0.969 bits per heavy atom. The van der Waals surface area contributed by atoms with Gasteiger partial charge in [0.05, 0.1) is 11.6 Å². The minimum Gasteiger partial charge on any atom is -0.353 e. The van der Waals surface area contributed by atoms with E-state index in [1.807, 2.05) is 48.7 Å². The summed E-state index contributed by atoms with van der Waals surface area (Å²) in [5.74, 6) is 1.67. The number of pyridine rings is 1. The molecule has 1 amide bonds. The number of carbonyl (C=O) groups excluding carboxylic acids is 1. The van der Waals surface area contributed by atoms with Gasteiger partial charge in [0.15, 0.2) is 5.65 Å². The average Bonchev–Trinajstić information content (AvgIpc) is 3.24. The summed E-state index contributed by atoms with van der Waals surface area (Å²) in [5, 5.41) is 8.14. The third-order valence-corrected chi connectivity index (χ3v) is 5.92. The molecule has 9 nitrogen and oxygen atoms in total. The standard InChI is InChI=1S/C22H21BrN8O/c23-16-4-6-17(7-5-16)28-20(32)14-31-22-18(13-27-31)21(25-15-26-22)30-11-9-29(10-12-30)19-3-1-2-8-24-19/h1-8,13,15H,9-12,14H2,(H,28,32). The quantitative estimate of drug-likeness (QED) is 0.457.